The number of halogens is 1. The molecule has 0 radical (unpaired) electrons. The first-order valence-electron chi connectivity index (χ1n) is 8.59. The highest BCUT2D eigenvalue weighted by molar-refractivity contribution is 9.12. The highest BCUT2D eigenvalue weighted by Crippen LogP contribution is 2.33. The standard InChI is InChI=1S/C22H21BrO5/c1-27-20(25)22(21(26)28-2,14-17-11-7-4-8-12-17)15-19(24)18(23)13-16-9-5-3-6-10-16/h3-13H,14-15H2,1-2H3/b18-13-. The summed E-state index contributed by atoms with van der Waals surface area (Å²) in [4.78, 5) is 38.2. The van der Waals surface area contributed by atoms with Crippen LogP contribution >= 0.6 is 15.9 Å². The van der Waals surface area contributed by atoms with Gasteiger partial charge >= 0.3 is 11.9 Å². The largest absolute Gasteiger partial charge is 0.468 e. The Bertz CT molecular complexity index is 843. The smallest absolute Gasteiger partial charge is 0.324 e. The molecular formula is C22H21BrO5. The number of benzene rings is 2. The number of ether oxygens (including phenoxy) is 2. The quantitative estimate of drug-likeness (QED) is 0.350. The van der Waals surface area contributed by atoms with E-state index in [1.165, 1.54) is 14.2 Å². The Morgan fingerprint density at radius 1 is 0.893 bits per heavy atom. The molecule has 0 aliphatic rings. The number of hydrogen-bond donors (Lipinski definition) is 0. The molecule has 0 unspecified atom stereocenters. The normalized spacial score (nSPS) is 11.6. The molecule has 6 heteroatoms. The van der Waals surface area contributed by atoms with E-state index in [1.807, 2.05) is 36.4 Å². The van der Waals surface area contributed by atoms with Crippen molar-refractivity contribution >= 4 is 39.7 Å². The number of Topliss-reactive ketones (excluding diaryl/α,β-unsaturated/α-hetero) is 1. The summed E-state index contributed by atoms with van der Waals surface area (Å²) < 4.78 is 10.0. The molecule has 0 bridgehead atoms. The topological polar surface area (TPSA) is 69.7 Å². The number of carbonyl (C=O) groups is 3. The second-order valence-electron chi connectivity index (χ2n) is 6.23. The fraction of sp³-hybridized carbons (Fsp3) is 0.227. The molecule has 2 aromatic rings. The van der Waals surface area contributed by atoms with Crippen molar-refractivity contribution in [3.05, 3.63) is 76.3 Å². The highest BCUT2D eigenvalue weighted by Gasteiger charge is 2.50. The summed E-state index contributed by atoms with van der Waals surface area (Å²) in [5, 5.41) is 0. The molecule has 0 fully saturated rings. The van der Waals surface area contributed by atoms with Crippen LogP contribution in [0.25, 0.3) is 6.08 Å². The molecule has 2 aromatic carbocycles. The Morgan fingerprint density at radius 2 is 1.39 bits per heavy atom. The van der Waals surface area contributed by atoms with Crippen LogP contribution in [0.2, 0.25) is 0 Å². The molecule has 0 saturated carbocycles. The number of esters is 2. The van der Waals surface area contributed by atoms with Gasteiger partial charge < -0.3 is 9.47 Å². The van der Waals surface area contributed by atoms with Crippen LogP contribution in [-0.2, 0) is 30.3 Å². The fourth-order valence-electron chi connectivity index (χ4n) is 2.90. The Labute approximate surface area is 172 Å². The number of carbonyl (C=O) groups excluding carboxylic acids is 3. The van der Waals surface area contributed by atoms with Crippen molar-refractivity contribution in [3.63, 3.8) is 0 Å². The molecule has 0 aliphatic carbocycles. The maximum absolute atomic E-state index is 12.9. The minimum atomic E-state index is -1.77. The molecule has 5 nitrogen and oxygen atoms in total. The van der Waals surface area contributed by atoms with Gasteiger partial charge in [-0.2, -0.15) is 0 Å². The molecule has 0 aliphatic heterocycles. The summed E-state index contributed by atoms with van der Waals surface area (Å²) in [5.74, 6) is -2.02. The molecule has 0 saturated heterocycles. The van der Waals surface area contributed by atoms with Gasteiger partial charge in [0.2, 0.25) is 0 Å². The summed E-state index contributed by atoms with van der Waals surface area (Å²) >= 11 is 3.27. The van der Waals surface area contributed by atoms with Crippen LogP contribution in [0.1, 0.15) is 17.5 Å². The van der Waals surface area contributed by atoms with Crippen LogP contribution in [0.5, 0.6) is 0 Å². The van der Waals surface area contributed by atoms with E-state index in [9.17, 15) is 14.4 Å². The molecule has 0 aromatic heterocycles. The molecule has 0 spiro atoms. The molecule has 0 atom stereocenters. The van der Waals surface area contributed by atoms with E-state index in [-0.39, 0.29) is 17.3 Å². The second-order valence-corrected chi connectivity index (χ2v) is 7.08. The highest BCUT2D eigenvalue weighted by atomic mass is 79.9. The zero-order chi connectivity index (χ0) is 20.6. The van der Waals surface area contributed by atoms with Gasteiger partial charge in [0.05, 0.1) is 18.7 Å². The van der Waals surface area contributed by atoms with Gasteiger partial charge in [0.25, 0.3) is 0 Å². The minimum absolute atomic E-state index is 0.00938. The van der Waals surface area contributed by atoms with Crippen LogP contribution in [0.3, 0.4) is 0 Å². The van der Waals surface area contributed by atoms with Crippen molar-refractivity contribution in [2.75, 3.05) is 14.2 Å². The van der Waals surface area contributed by atoms with E-state index in [2.05, 4.69) is 15.9 Å². The van der Waals surface area contributed by atoms with E-state index in [0.717, 1.165) is 5.56 Å². The molecule has 2 rings (SSSR count). The molecule has 146 valence electrons. The Morgan fingerprint density at radius 3 is 1.89 bits per heavy atom. The van der Waals surface area contributed by atoms with Crippen LogP contribution in [0, 0.1) is 5.41 Å². The third-order valence-corrected chi connectivity index (χ3v) is 4.99. The summed E-state index contributed by atoms with van der Waals surface area (Å²) in [6, 6.07) is 18.2. The van der Waals surface area contributed by atoms with Crippen molar-refractivity contribution in [1.82, 2.24) is 0 Å². The summed E-state index contributed by atoms with van der Waals surface area (Å²) in [6.45, 7) is 0. The Hall–Kier alpha value is -2.73. The molecule has 0 heterocycles. The zero-order valence-electron chi connectivity index (χ0n) is 15.7. The van der Waals surface area contributed by atoms with Crippen molar-refractivity contribution in [2.24, 2.45) is 5.41 Å². The third-order valence-electron chi connectivity index (χ3n) is 4.32. The van der Waals surface area contributed by atoms with Gasteiger partial charge in [-0.15, -0.1) is 0 Å². The monoisotopic (exact) mass is 444 g/mol. The maximum Gasteiger partial charge on any atom is 0.324 e. The van der Waals surface area contributed by atoms with Crippen LogP contribution < -0.4 is 0 Å². The van der Waals surface area contributed by atoms with Gasteiger partial charge in [-0.05, 0) is 39.6 Å². The first-order chi connectivity index (χ1) is 13.4. The Balaban J connectivity index is 2.40. The number of allylic oxidation sites excluding steroid dienone is 1. The average molecular weight is 445 g/mol. The van der Waals surface area contributed by atoms with Crippen molar-refractivity contribution in [1.29, 1.82) is 0 Å². The van der Waals surface area contributed by atoms with Crippen LogP contribution in [0.15, 0.2) is 65.1 Å². The number of hydrogen-bond acceptors (Lipinski definition) is 5. The first-order valence-corrected chi connectivity index (χ1v) is 9.38. The molecule has 28 heavy (non-hydrogen) atoms. The SMILES string of the molecule is COC(=O)C(CC(=O)/C(Br)=C/c1ccccc1)(Cc1ccccc1)C(=O)OC. The van der Waals surface area contributed by atoms with Crippen LogP contribution in [0.4, 0.5) is 0 Å². The average Bonchev–Trinajstić information content (AvgIpc) is 2.73. The maximum atomic E-state index is 12.9. The number of methoxy groups -OCH3 is 2. The first kappa shape index (κ1) is 21.6. The lowest BCUT2D eigenvalue weighted by molar-refractivity contribution is -0.170. The molecular weight excluding hydrogens is 424 g/mol. The van der Waals surface area contributed by atoms with E-state index in [4.69, 9.17) is 9.47 Å². The van der Waals surface area contributed by atoms with E-state index < -0.39 is 23.1 Å². The second kappa shape index (κ2) is 9.99. The van der Waals surface area contributed by atoms with Gasteiger partial charge in [0.15, 0.2) is 11.2 Å². The predicted octanol–water partition coefficient (Wildman–Crippen LogP) is 3.96. The van der Waals surface area contributed by atoms with E-state index in [0.29, 0.717) is 5.56 Å². The lowest BCUT2D eigenvalue weighted by Crippen LogP contribution is -2.45. The predicted molar refractivity (Wildman–Crippen MR) is 110 cm³/mol. The zero-order valence-corrected chi connectivity index (χ0v) is 17.3. The van der Waals surface area contributed by atoms with Crippen LogP contribution in [-0.4, -0.2) is 31.9 Å². The molecule has 0 N–H and O–H groups in total. The summed E-state index contributed by atoms with van der Waals surface area (Å²) in [6.07, 6.45) is 1.25. The Kier molecular flexibility index (Phi) is 7.70. The van der Waals surface area contributed by atoms with E-state index in [1.54, 1.807) is 30.3 Å². The van der Waals surface area contributed by atoms with Crippen molar-refractivity contribution < 1.29 is 23.9 Å². The van der Waals surface area contributed by atoms with Gasteiger partial charge in [-0.25, -0.2) is 0 Å². The van der Waals surface area contributed by atoms with Gasteiger partial charge in [0, 0.05) is 6.42 Å². The van der Waals surface area contributed by atoms with Gasteiger partial charge in [-0.1, -0.05) is 60.7 Å². The van der Waals surface area contributed by atoms with Crippen molar-refractivity contribution in [2.45, 2.75) is 12.8 Å². The fourth-order valence-corrected chi connectivity index (χ4v) is 3.31. The van der Waals surface area contributed by atoms with Gasteiger partial charge in [-0.3, -0.25) is 14.4 Å². The summed E-state index contributed by atoms with van der Waals surface area (Å²) in [7, 11) is 2.37. The third kappa shape index (κ3) is 5.16. The minimum Gasteiger partial charge on any atom is -0.468 e. The number of ketones is 1. The lowest BCUT2D eigenvalue weighted by atomic mass is 9.77. The number of rotatable bonds is 8. The van der Waals surface area contributed by atoms with Crippen molar-refractivity contribution in [3.8, 4) is 0 Å². The molecule has 0 amide bonds. The lowest BCUT2D eigenvalue weighted by Gasteiger charge is -2.27. The summed E-state index contributed by atoms with van der Waals surface area (Å²) in [5.41, 5.74) is -0.243. The van der Waals surface area contributed by atoms with Gasteiger partial charge in [0.1, 0.15) is 0 Å². The van der Waals surface area contributed by atoms with E-state index >= 15 is 0 Å².